The molecule has 0 heterocycles. The second-order valence-electron chi connectivity index (χ2n) is 4.20. The molecule has 0 aromatic heterocycles. The Balaban J connectivity index is 3.44. The normalized spacial score (nSPS) is 11.7. The van der Waals surface area contributed by atoms with E-state index in [2.05, 4.69) is 5.32 Å². The number of anilines is 1. The van der Waals surface area contributed by atoms with Crippen molar-refractivity contribution in [2.45, 2.75) is 26.3 Å². The number of primary amides is 1. The van der Waals surface area contributed by atoms with Gasteiger partial charge in [0.15, 0.2) is 5.69 Å². The molecule has 9 nitrogen and oxygen atoms in total. The van der Waals surface area contributed by atoms with Crippen molar-refractivity contribution in [3.05, 3.63) is 37.9 Å². The van der Waals surface area contributed by atoms with E-state index in [1.54, 1.807) is 6.92 Å². The number of nitrogens with two attached hydrogens (primary N) is 1. The average Bonchev–Trinajstić information content (AvgIpc) is 2.35. The summed E-state index contributed by atoms with van der Waals surface area (Å²) in [6.45, 7) is 3.14. The lowest BCUT2D eigenvalue weighted by Gasteiger charge is -2.15. The van der Waals surface area contributed by atoms with E-state index in [0.29, 0.717) is 5.56 Å². The molecule has 1 atom stereocenters. The second-order valence-corrected chi connectivity index (χ2v) is 4.20. The van der Waals surface area contributed by atoms with Gasteiger partial charge >= 0.3 is 0 Å². The third-order valence-corrected chi connectivity index (χ3v) is 2.70. The maximum absolute atomic E-state index is 11.2. The van der Waals surface area contributed by atoms with Crippen LogP contribution in [0.25, 0.3) is 0 Å². The number of nitrogens with one attached hydrogen (secondary N) is 1. The molecule has 3 N–H and O–H groups in total. The number of carbonyl (C=O) groups excluding carboxylic acids is 1. The van der Waals surface area contributed by atoms with Crippen LogP contribution in [0.2, 0.25) is 0 Å². The number of benzene rings is 1. The van der Waals surface area contributed by atoms with Crippen LogP contribution in [0.3, 0.4) is 0 Å². The van der Waals surface area contributed by atoms with Gasteiger partial charge in [-0.3, -0.25) is 25.0 Å². The third-order valence-electron chi connectivity index (χ3n) is 2.70. The van der Waals surface area contributed by atoms with Crippen LogP contribution in [0.4, 0.5) is 17.1 Å². The first-order valence-corrected chi connectivity index (χ1v) is 5.77. The minimum absolute atomic E-state index is 0.248. The summed E-state index contributed by atoms with van der Waals surface area (Å²) in [5.41, 5.74) is 4.28. The van der Waals surface area contributed by atoms with Gasteiger partial charge < -0.3 is 11.1 Å². The highest BCUT2D eigenvalue weighted by Crippen LogP contribution is 2.36. The van der Waals surface area contributed by atoms with Gasteiger partial charge in [-0.25, -0.2) is 0 Å². The standard InChI is InChI=1S/C11H14N4O5/c1-3-7(11(12)16)13-10-8(14(17)18)4-6(2)5-9(10)15(19)20/h4-5,7,13H,3H2,1-2H3,(H2,12,16). The molecule has 0 aliphatic carbocycles. The monoisotopic (exact) mass is 282 g/mol. The Morgan fingerprint density at radius 1 is 1.30 bits per heavy atom. The summed E-state index contributed by atoms with van der Waals surface area (Å²) in [6, 6.07) is 1.47. The Hall–Kier alpha value is -2.71. The topological polar surface area (TPSA) is 141 Å². The maximum Gasteiger partial charge on any atom is 0.299 e. The van der Waals surface area contributed by atoms with Crippen LogP contribution in [-0.4, -0.2) is 21.8 Å². The zero-order valence-corrected chi connectivity index (χ0v) is 11.0. The molecule has 1 aromatic rings. The molecular formula is C11H14N4O5. The Kier molecular flexibility index (Phi) is 4.57. The molecular weight excluding hydrogens is 268 g/mol. The summed E-state index contributed by atoms with van der Waals surface area (Å²) < 4.78 is 0. The molecule has 0 radical (unpaired) electrons. The second kappa shape index (κ2) is 5.95. The highest BCUT2D eigenvalue weighted by Gasteiger charge is 2.28. The predicted molar refractivity (Wildman–Crippen MR) is 71.4 cm³/mol. The summed E-state index contributed by atoms with van der Waals surface area (Å²) in [4.78, 5) is 31.7. The number of nitrogens with zero attached hydrogens (tertiary/aromatic N) is 2. The van der Waals surface area contributed by atoms with E-state index in [4.69, 9.17) is 5.73 Å². The van der Waals surface area contributed by atoms with Crippen molar-refractivity contribution >= 4 is 23.0 Å². The number of hydrogen-bond acceptors (Lipinski definition) is 6. The fourth-order valence-electron chi connectivity index (χ4n) is 1.73. The molecule has 1 rings (SSSR count). The van der Waals surface area contributed by atoms with Crippen LogP contribution in [-0.2, 0) is 4.79 Å². The van der Waals surface area contributed by atoms with Crippen LogP contribution >= 0.6 is 0 Å². The van der Waals surface area contributed by atoms with E-state index >= 15 is 0 Å². The van der Waals surface area contributed by atoms with Gasteiger partial charge in [0.1, 0.15) is 6.04 Å². The van der Waals surface area contributed by atoms with Gasteiger partial charge in [0.25, 0.3) is 11.4 Å². The largest absolute Gasteiger partial charge is 0.368 e. The fraction of sp³-hybridized carbons (Fsp3) is 0.364. The van der Waals surface area contributed by atoms with Crippen molar-refractivity contribution < 1.29 is 14.6 Å². The van der Waals surface area contributed by atoms with E-state index in [1.807, 2.05) is 0 Å². The highest BCUT2D eigenvalue weighted by molar-refractivity contribution is 5.86. The van der Waals surface area contributed by atoms with Gasteiger partial charge in [-0.1, -0.05) is 6.92 Å². The molecule has 1 amide bonds. The molecule has 0 aliphatic heterocycles. The van der Waals surface area contributed by atoms with E-state index in [1.165, 1.54) is 19.1 Å². The first-order valence-electron chi connectivity index (χ1n) is 5.77. The van der Waals surface area contributed by atoms with Gasteiger partial charge in [-0.15, -0.1) is 0 Å². The number of hydrogen-bond donors (Lipinski definition) is 2. The third kappa shape index (κ3) is 3.19. The Morgan fingerprint density at radius 3 is 2.05 bits per heavy atom. The summed E-state index contributed by atoms with van der Waals surface area (Å²) in [6.07, 6.45) is 0.248. The summed E-state index contributed by atoms with van der Waals surface area (Å²) in [5.74, 6) is -0.739. The van der Waals surface area contributed by atoms with Crippen molar-refractivity contribution in [2.24, 2.45) is 5.73 Å². The lowest BCUT2D eigenvalue weighted by molar-refractivity contribution is -0.392. The van der Waals surface area contributed by atoms with Crippen molar-refractivity contribution in [2.75, 3.05) is 5.32 Å². The molecule has 0 saturated heterocycles. The number of rotatable bonds is 6. The molecule has 0 fully saturated rings. The average molecular weight is 282 g/mol. The highest BCUT2D eigenvalue weighted by atomic mass is 16.6. The molecule has 108 valence electrons. The Labute approximate surface area is 114 Å². The number of amides is 1. The smallest absolute Gasteiger partial charge is 0.299 e. The van der Waals surface area contributed by atoms with Gasteiger partial charge in [-0.2, -0.15) is 0 Å². The number of carbonyl (C=O) groups is 1. The van der Waals surface area contributed by atoms with Gasteiger partial charge in [0.2, 0.25) is 5.91 Å². The zero-order chi connectivity index (χ0) is 15.4. The maximum atomic E-state index is 11.2. The van der Waals surface area contributed by atoms with Crippen molar-refractivity contribution in [1.82, 2.24) is 0 Å². The summed E-state index contributed by atoms with van der Waals surface area (Å²) in [7, 11) is 0. The van der Waals surface area contributed by atoms with Crippen LogP contribution in [0.15, 0.2) is 12.1 Å². The van der Waals surface area contributed by atoms with Crippen molar-refractivity contribution in [1.29, 1.82) is 0 Å². The van der Waals surface area contributed by atoms with Gasteiger partial charge in [0.05, 0.1) is 9.85 Å². The van der Waals surface area contributed by atoms with Crippen molar-refractivity contribution in [3.63, 3.8) is 0 Å². The lowest BCUT2D eigenvalue weighted by Crippen LogP contribution is -2.35. The van der Waals surface area contributed by atoms with E-state index in [9.17, 15) is 25.0 Å². The van der Waals surface area contributed by atoms with E-state index < -0.39 is 33.2 Å². The van der Waals surface area contributed by atoms with E-state index in [0.717, 1.165) is 0 Å². The minimum Gasteiger partial charge on any atom is -0.368 e. The molecule has 9 heteroatoms. The lowest BCUT2D eigenvalue weighted by atomic mass is 10.1. The first kappa shape index (κ1) is 15.3. The Morgan fingerprint density at radius 2 is 1.75 bits per heavy atom. The minimum atomic E-state index is -0.921. The SMILES string of the molecule is CCC(Nc1c([N+](=O)[O-])cc(C)cc1[N+](=O)[O-])C(N)=O. The van der Waals surface area contributed by atoms with Gasteiger partial charge in [0, 0.05) is 12.1 Å². The molecule has 0 saturated carbocycles. The van der Waals surface area contributed by atoms with Crippen LogP contribution in [0.5, 0.6) is 0 Å². The fourth-order valence-corrected chi connectivity index (χ4v) is 1.73. The quantitative estimate of drug-likeness (QED) is 0.597. The molecule has 1 unspecified atom stereocenters. The van der Waals surface area contributed by atoms with Crippen LogP contribution in [0, 0.1) is 27.2 Å². The molecule has 0 bridgehead atoms. The van der Waals surface area contributed by atoms with Gasteiger partial charge in [-0.05, 0) is 18.9 Å². The molecule has 0 spiro atoms. The number of aryl methyl sites for hydroxylation is 1. The Bertz CT molecular complexity index is 537. The predicted octanol–water partition coefficient (Wildman–Crippen LogP) is 1.49. The van der Waals surface area contributed by atoms with Crippen molar-refractivity contribution in [3.8, 4) is 0 Å². The van der Waals surface area contributed by atoms with Crippen LogP contribution in [0.1, 0.15) is 18.9 Å². The molecule has 1 aromatic carbocycles. The van der Waals surface area contributed by atoms with E-state index in [-0.39, 0.29) is 12.1 Å². The summed E-state index contributed by atoms with van der Waals surface area (Å²) in [5, 5.41) is 24.5. The number of nitro groups is 2. The molecule has 0 aliphatic rings. The first-order chi connectivity index (χ1) is 9.27. The number of nitro benzene ring substituents is 2. The van der Waals surface area contributed by atoms with Crippen LogP contribution < -0.4 is 11.1 Å². The summed E-state index contributed by atoms with van der Waals surface area (Å²) >= 11 is 0. The zero-order valence-electron chi connectivity index (χ0n) is 11.0. The molecule has 20 heavy (non-hydrogen) atoms.